The lowest BCUT2D eigenvalue weighted by molar-refractivity contribution is -0.119. The van der Waals surface area contributed by atoms with Crippen LogP contribution in [0.25, 0.3) is 20.3 Å². The van der Waals surface area contributed by atoms with E-state index in [0.29, 0.717) is 39.8 Å². The predicted octanol–water partition coefficient (Wildman–Crippen LogP) is 4.88. The highest BCUT2D eigenvalue weighted by molar-refractivity contribution is 7.99. The molecule has 0 aliphatic carbocycles. The number of nitrogens with one attached hydrogen (secondary N) is 1. The molecule has 0 bridgehead atoms. The van der Waals surface area contributed by atoms with Gasteiger partial charge in [0.05, 0.1) is 25.5 Å². The van der Waals surface area contributed by atoms with Crippen LogP contribution in [0.4, 0.5) is 0 Å². The van der Waals surface area contributed by atoms with Gasteiger partial charge in [-0.15, -0.1) is 11.3 Å². The normalized spacial score (nSPS) is 12.1. The Morgan fingerprint density at radius 3 is 2.69 bits per heavy atom. The van der Waals surface area contributed by atoms with Gasteiger partial charge in [0.1, 0.15) is 4.70 Å². The number of aromatic nitrogens is 2. The second-order valence-electron chi connectivity index (χ2n) is 8.23. The van der Waals surface area contributed by atoms with Crippen molar-refractivity contribution in [3.05, 3.63) is 58.4 Å². The topological polar surface area (TPSA) is 82.5 Å². The second-order valence-corrected chi connectivity index (χ2v) is 10.2. The molecule has 4 rings (SSSR count). The highest BCUT2D eigenvalue weighted by Crippen LogP contribution is 2.32. The Balaban J connectivity index is 1.69. The minimum absolute atomic E-state index is 0.0692. The van der Waals surface area contributed by atoms with Crippen LogP contribution in [0.1, 0.15) is 25.8 Å². The van der Waals surface area contributed by atoms with Crippen LogP contribution in [0.2, 0.25) is 0 Å². The molecule has 2 aromatic carbocycles. The standard InChI is InChI=1S/C26H29N3O4S2/c1-5-16(2)27-22(30)15-34-26-28-23-18-8-6-7-9-21(18)35-24(23)25(31)29(26)13-12-17-10-11-19(32-3)20(14-17)33-4/h6-11,14,16H,5,12-13,15H2,1-4H3,(H,27,30)/t16-/m1/s1. The SMILES string of the molecule is CC[C@@H](C)NC(=O)CSc1nc2c(sc3ccccc32)c(=O)n1CCc1ccc(OC)c(OC)c1. The quantitative estimate of drug-likeness (QED) is 0.241. The van der Waals surface area contributed by atoms with Crippen molar-refractivity contribution in [2.75, 3.05) is 20.0 Å². The van der Waals surface area contributed by atoms with Crippen LogP contribution in [0.5, 0.6) is 11.5 Å². The van der Waals surface area contributed by atoms with Crippen LogP contribution < -0.4 is 20.3 Å². The number of thiophene rings is 1. The fraction of sp³-hybridized carbons (Fsp3) is 0.346. The van der Waals surface area contributed by atoms with E-state index in [1.165, 1.54) is 23.1 Å². The lowest BCUT2D eigenvalue weighted by Crippen LogP contribution is -2.33. The Labute approximate surface area is 212 Å². The highest BCUT2D eigenvalue weighted by atomic mass is 32.2. The lowest BCUT2D eigenvalue weighted by Gasteiger charge is -2.14. The highest BCUT2D eigenvalue weighted by Gasteiger charge is 2.18. The summed E-state index contributed by atoms with van der Waals surface area (Å²) in [6.07, 6.45) is 1.46. The third-order valence-corrected chi connectivity index (χ3v) is 8.00. The maximum Gasteiger partial charge on any atom is 0.272 e. The first-order valence-electron chi connectivity index (χ1n) is 11.5. The van der Waals surface area contributed by atoms with Crippen LogP contribution in [0.3, 0.4) is 0 Å². The Hall–Kier alpha value is -3.04. The van der Waals surface area contributed by atoms with Gasteiger partial charge in [-0.05, 0) is 43.5 Å². The molecule has 35 heavy (non-hydrogen) atoms. The Morgan fingerprint density at radius 2 is 1.94 bits per heavy atom. The summed E-state index contributed by atoms with van der Waals surface area (Å²) in [5.74, 6) is 1.43. The Morgan fingerprint density at radius 1 is 1.17 bits per heavy atom. The van der Waals surface area contributed by atoms with E-state index in [0.717, 1.165) is 22.1 Å². The largest absolute Gasteiger partial charge is 0.493 e. The molecule has 0 fully saturated rings. The lowest BCUT2D eigenvalue weighted by atomic mass is 10.1. The van der Waals surface area contributed by atoms with Crippen LogP contribution in [0.15, 0.2) is 52.4 Å². The molecule has 9 heteroatoms. The number of hydrogen-bond acceptors (Lipinski definition) is 7. The van der Waals surface area contributed by atoms with Gasteiger partial charge in [0, 0.05) is 22.7 Å². The van der Waals surface area contributed by atoms with Crippen LogP contribution in [0, 0.1) is 0 Å². The number of benzene rings is 2. The summed E-state index contributed by atoms with van der Waals surface area (Å²) in [7, 11) is 3.20. The van der Waals surface area contributed by atoms with E-state index in [4.69, 9.17) is 14.5 Å². The molecule has 2 aromatic heterocycles. The fourth-order valence-electron chi connectivity index (χ4n) is 3.79. The van der Waals surface area contributed by atoms with Crippen molar-refractivity contribution in [2.24, 2.45) is 0 Å². The van der Waals surface area contributed by atoms with Crippen molar-refractivity contribution < 1.29 is 14.3 Å². The number of carbonyl (C=O) groups excluding carboxylic acids is 1. The number of amides is 1. The maximum absolute atomic E-state index is 13.6. The van der Waals surface area contributed by atoms with Gasteiger partial charge in [0.15, 0.2) is 16.7 Å². The van der Waals surface area contributed by atoms with Crippen molar-refractivity contribution in [3.8, 4) is 11.5 Å². The predicted molar refractivity (Wildman–Crippen MR) is 143 cm³/mol. The van der Waals surface area contributed by atoms with Gasteiger partial charge >= 0.3 is 0 Å². The third kappa shape index (κ3) is 5.46. The Bertz CT molecular complexity index is 1410. The third-order valence-electron chi connectivity index (χ3n) is 5.87. The van der Waals surface area contributed by atoms with Crippen molar-refractivity contribution in [1.82, 2.24) is 14.9 Å². The number of carbonyl (C=O) groups is 1. The van der Waals surface area contributed by atoms with Gasteiger partial charge in [-0.1, -0.05) is 43.0 Å². The average molecular weight is 512 g/mol. The number of hydrogen-bond donors (Lipinski definition) is 1. The second kappa shape index (κ2) is 11.1. The molecule has 0 saturated heterocycles. The fourth-order valence-corrected chi connectivity index (χ4v) is 5.71. The maximum atomic E-state index is 13.6. The van der Waals surface area contributed by atoms with Gasteiger partial charge in [-0.2, -0.15) is 0 Å². The van der Waals surface area contributed by atoms with Gasteiger partial charge in [-0.3, -0.25) is 14.2 Å². The first-order chi connectivity index (χ1) is 16.9. The molecule has 0 spiro atoms. The van der Waals surface area contributed by atoms with E-state index in [1.807, 2.05) is 56.3 Å². The summed E-state index contributed by atoms with van der Waals surface area (Å²) in [6.45, 7) is 4.44. The number of thioether (sulfide) groups is 1. The van der Waals surface area contributed by atoms with Crippen molar-refractivity contribution in [1.29, 1.82) is 0 Å². The summed E-state index contributed by atoms with van der Waals surface area (Å²) in [5.41, 5.74) is 1.63. The molecule has 2 heterocycles. The van der Waals surface area contributed by atoms with Crippen molar-refractivity contribution in [3.63, 3.8) is 0 Å². The summed E-state index contributed by atoms with van der Waals surface area (Å²) in [5, 5.41) is 4.49. The molecule has 0 saturated carbocycles. The number of rotatable bonds is 10. The molecule has 1 atom stereocenters. The first kappa shape index (κ1) is 25.1. The van der Waals surface area contributed by atoms with Gasteiger partial charge < -0.3 is 14.8 Å². The van der Waals surface area contributed by atoms with Crippen molar-refractivity contribution >= 4 is 49.3 Å². The molecule has 1 N–H and O–H groups in total. The number of fused-ring (bicyclic) bond motifs is 3. The van der Waals surface area contributed by atoms with Crippen molar-refractivity contribution in [2.45, 2.75) is 44.4 Å². The average Bonchev–Trinajstić information content (AvgIpc) is 3.25. The molecular weight excluding hydrogens is 482 g/mol. The smallest absolute Gasteiger partial charge is 0.272 e. The molecule has 184 valence electrons. The Kier molecular flexibility index (Phi) is 7.97. The van der Waals surface area contributed by atoms with E-state index in [-0.39, 0.29) is 23.3 Å². The zero-order valence-corrected chi connectivity index (χ0v) is 21.9. The molecule has 4 aromatic rings. The molecule has 7 nitrogen and oxygen atoms in total. The molecule has 0 aliphatic heterocycles. The van der Waals surface area contributed by atoms with E-state index in [9.17, 15) is 9.59 Å². The monoisotopic (exact) mass is 511 g/mol. The molecule has 1 amide bonds. The molecule has 0 unspecified atom stereocenters. The zero-order valence-electron chi connectivity index (χ0n) is 20.3. The number of methoxy groups -OCH3 is 2. The van der Waals surface area contributed by atoms with Crippen LogP contribution in [-0.2, 0) is 17.8 Å². The van der Waals surface area contributed by atoms with E-state index in [2.05, 4.69) is 5.32 Å². The summed E-state index contributed by atoms with van der Waals surface area (Å²) < 4.78 is 14.1. The summed E-state index contributed by atoms with van der Waals surface area (Å²) in [4.78, 5) is 30.9. The van der Waals surface area contributed by atoms with E-state index < -0.39 is 0 Å². The minimum Gasteiger partial charge on any atom is -0.493 e. The summed E-state index contributed by atoms with van der Waals surface area (Å²) in [6, 6.07) is 13.7. The zero-order chi connectivity index (χ0) is 24.9. The number of aryl methyl sites for hydroxylation is 1. The molecular formula is C26H29N3O4S2. The number of ether oxygens (including phenoxy) is 2. The van der Waals surface area contributed by atoms with Crippen LogP contribution in [-0.4, -0.2) is 41.5 Å². The molecule has 0 aliphatic rings. The van der Waals surface area contributed by atoms with E-state index in [1.54, 1.807) is 18.8 Å². The van der Waals surface area contributed by atoms with E-state index >= 15 is 0 Å². The summed E-state index contributed by atoms with van der Waals surface area (Å²) >= 11 is 2.76. The van der Waals surface area contributed by atoms with Crippen LogP contribution >= 0.6 is 23.1 Å². The molecule has 0 radical (unpaired) electrons. The van der Waals surface area contributed by atoms with Gasteiger partial charge in [0.25, 0.3) is 5.56 Å². The number of nitrogens with zero attached hydrogens (tertiary/aromatic N) is 2. The first-order valence-corrected chi connectivity index (χ1v) is 13.3. The minimum atomic E-state index is -0.0819. The van der Waals surface area contributed by atoms with Gasteiger partial charge in [-0.25, -0.2) is 4.98 Å². The van der Waals surface area contributed by atoms with Gasteiger partial charge in [0.2, 0.25) is 5.91 Å².